The Bertz CT molecular complexity index is 950. The topological polar surface area (TPSA) is 94.3 Å². The molecule has 3 rings (SSSR count). The number of hydrogen-bond acceptors (Lipinski definition) is 7. The lowest BCUT2D eigenvalue weighted by Gasteiger charge is -2.10. The van der Waals surface area contributed by atoms with Gasteiger partial charge in [-0.25, -0.2) is 13.1 Å². The van der Waals surface area contributed by atoms with Crippen LogP contribution in [0.5, 0.6) is 5.75 Å². The molecule has 0 bridgehead atoms. The van der Waals surface area contributed by atoms with Crippen LogP contribution in [0.1, 0.15) is 11.5 Å². The summed E-state index contributed by atoms with van der Waals surface area (Å²) in [6.45, 7) is 1.97. The van der Waals surface area contributed by atoms with Crippen molar-refractivity contribution in [3.8, 4) is 16.5 Å². The molecule has 1 aromatic carbocycles. The Hall–Kier alpha value is -2.23. The summed E-state index contributed by atoms with van der Waals surface area (Å²) in [6, 6.07) is 8.80. The highest BCUT2D eigenvalue weighted by Crippen LogP contribution is 2.24. The second-order valence-electron chi connectivity index (χ2n) is 5.29. The maximum absolute atomic E-state index is 12.5. The third-order valence-corrected chi connectivity index (χ3v) is 5.80. The molecule has 0 fully saturated rings. The van der Waals surface area contributed by atoms with E-state index in [-0.39, 0.29) is 11.4 Å². The third-order valence-electron chi connectivity index (χ3n) is 3.45. The van der Waals surface area contributed by atoms with Gasteiger partial charge in [-0.15, -0.1) is 11.3 Å². The van der Waals surface area contributed by atoms with Gasteiger partial charge in [0.25, 0.3) is 0 Å². The Morgan fingerprint density at radius 1 is 1.32 bits per heavy atom. The van der Waals surface area contributed by atoms with Crippen LogP contribution in [0.25, 0.3) is 10.7 Å². The molecular weight excluding hydrogens is 362 g/mol. The van der Waals surface area contributed by atoms with Crippen molar-refractivity contribution in [1.29, 1.82) is 0 Å². The van der Waals surface area contributed by atoms with Gasteiger partial charge in [0.2, 0.25) is 21.7 Å². The Morgan fingerprint density at radius 2 is 2.16 bits per heavy atom. The van der Waals surface area contributed by atoms with Crippen LogP contribution < -0.4 is 9.46 Å². The second-order valence-corrected chi connectivity index (χ2v) is 7.97. The van der Waals surface area contributed by atoms with Crippen molar-refractivity contribution < 1.29 is 17.7 Å². The molecule has 132 valence electrons. The Balaban J connectivity index is 1.66. The zero-order chi connectivity index (χ0) is 17.9. The predicted molar refractivity (Wildman–Crippen MR) is 94.2 cm³/mol. The Morgan fingerprint density at radius 3 is 2.88 bits per heavy atom. The summed E-state index contributed by atoms with van der Waals surface area (Å²) in [5.74, 6) is 1.19. The van der Waals surface area contributed by atoms with Gasteiger partial charge in [0.05, 0.1) is 12.0 Å². The minimum atomic E-state index is -3.69. The summed E-state index contributed by atoms with van der Waals surface area (Å²) < 4.78 is 37.8. The van der Waals surface area contributed by atoms with Crippen LogP contribution in [0, 0.1) is 6.92 Å². The molecular formula is C16H17N3O4S2. The van der Waals surface area contributed by atoms with E-state index in [2.05, 4.69) is 14.9 Å². The van der Waals surface area contributed by atoms with Crippen molar-refractivity contribution in [2.45, 2.75) is 18.2 Å². The third kappa shape index (κ3) is 4.06. The van der Waals surface area contributed by atoms with Crippen molar-refractivity contribution in [2.75, 3.05) is 13.7 Å². The molecule has 9 heteroatoms. The molecule has 0 unspecified atom stereocenters. The number of benzene rings is 1. The maximum atomic E-state index is 12.5. The van der Waals surface area contributed by atoms with Gasteiger partial charge in [0.15, 0.2) is 0 Å². The summed E-state index contributed by atoms with van der Waals surface area (Å²) >= 11 is 1.51. The van der Waals surface area contributed by atoms with E-state index in [4.69, 9.17) is 9.26 Å². The van der Waals surface area contributed by atoms with E-state index in [9.17, 15) is 8.42 Å². The SMILES string of the molecule is COc1ccc(C)cc1S(=O)(=O)NCCc1nc(-c2cccs2)no1. The number of sulfonamides is 1. The fraction of sp³-hybridized carbons (Fsp3) is 0.250. The van der Waals surface area contributed by atoms with Gasteiger partial charge < -0.3 is 9.26 Å². The normalized spacial score (nSPS) is 11.6. The average Bonchev–Trinajstić information content (AvgIpc) is 3.26. The zero-order valence-corrected chi connectivity index (χ0v) is 15.4. The molecule has 0 saturated carbocycles. The van der Waals surface area contributed by atoms with Gasteiger partial charge in [0, 0.05) is 13.0 Å². The lowest BCUT2D eigenvalue weighted by Crippen LogP contribution is -2.26. The number of aromatic nitrogens is 2. The van der Waals surface area contributed by atoms with E-state index in [1.807, 2.05) is 24.4 Å². The van der Waals surface area contributed by atoms with E-state index in [1.165, 1.54) is 18.4 Å². The molecule has 0 spiro atoms. The summed E-state index contributed by atoms with van der Waals surface area (Å²) in [6.07, 6.45) is 0.297. The van der Waals surface area contributed by atoms with Gasteiger partial charge in [-0.2, -0.15) is 4.98 Å². The van der Waals surface area contributed by atoms with Gasteiger partial charge in [-0.3, -0.25) is 0 Å². The van der Waals surface area contributed by atoms with E-state index < -0.39 is 10.0 Å². The van der Waals surface area contributed by atoms with Gasteiger partial charge in [-0.1, -0.05) is 17.3 Å². The summed E-state index contributed by atoms with van der Waals surface area (Å²) in [7, 11) is -2.26. The first-order valence-electron chi connectivity index (χ1n) is 7.50. The highest BCUT2D eigenvalue weighted by Gasteiger charge is 2.20. The van der Waals surface area contributed by atoms with Gasteiger partial charge in [0.1, 0.15) is 10.6 Å². The molecule has 3 aromatic rings. The monoisotopic (exact) mass is 379 g/mol. The number of thiophene rings is 1. The van der Waals surface area contributed by atoms with Crippen molar-refractivity contribution >= 4 is 21.4 Å². The zero-order valence-electron chi connectivity index (χ0n) is 13.7. The smallest absolute Gasteiger partial charge is 0.244 e. The first-order valence-corrected chi connectivity index (χ1v) is 9.86. The molecule has 0 aliphatic rings. The molecule has 0 amide bonds. The Labute approximate surface area is 149 Å². The van der Waals surface area contributed by atoms with Crippen LogP contribution in [0.2, 0.25) is 0 Å². The average molecular weight is 379 g/mol. The number of ether oxygens (including phenoxy) is 1. The number of aryl methyl sites for hydroxylation is 1. The maximum Gasteiger partial charge on any atom is 0.244 e. The first-order chi connectivity index (χ1) is 12.0. The van der Waals surface area contributed by atoms with Crippen molar-refractivity contribution in [2.24, 2.45) is 0 Å². The molecule has 7 nitrogen and oxygen atoms in total. The largest absolute Gasteiger partial charge is 0.495 e. The molecule has 0 aliphatic carbocycles. The van der Waals surface area contributed by atoms with Crippen molar-refractivity contribution in [3.63, 3.8) is 0 Å². The highest BCUT2D eigenvalue weighted by molar-refractivity contribution is 7.89. The van der Waals surface area contributed by atoms with Crippen molar-refractivity contribution in [1.82, 2.24) is 14.9 Å². The summed E-state index contributed by atoms with van der Waals surface area (Å²) in [5, 5.41) is 5.82. The summed E-state index contributed by atoms with van der Waals surface area (Å²) in [5.41, 5.74) is 0.832. The fourth-order valence-electron chi connectivity index (χ4n) is 2.23. The second kappa shape index (κ2) is 7.34. The number of nitrogens with one attached hydrogen (secondary N) is 1. The van der Waals surface area contributed by atoms with Crippen LogP contribution in [-0.2, 0) is 16.4 Å². The molecule has 2 aromatic heterocycles. The fourth-order valence-corrected chi connectivity index (χ4v) is 4.16. The van der Waals surface area contributed by atoms with Crippen LogP contribution in [0.3, 0.4) is 0 Å². The summed E-state index contributed by atoms with van der Waals surface area (Å²) in [4.78, 5) is 5.28. The molecule has 0 radical (unpaired) electrons. The molecule has 0 aliphatic heterocycles. The molecule has 1 N–H and O–H groups in total. The van der Waals surface area contributed by atoms with Gasteiger partial charge >= 0.3 is 0 Å². The quantitative estimate of drug-likeness (QED) is 0.678. The van der Waals surface area contributed by atoms with E-state index in [0.29, 0.717) is 23.9 Å². The lowest BCUT2D eigenvalue weighted by molar-refractivity contribution is 0.379. The highest BCUT2D eigenvalue weighted by atomic mass is 32.2. The van der Waals surface area contributed by atoms with Crippen LogP contribution in [-0.4, -0.2) is 32.2 Å². The number of hydrogen-bond donors (Lipinski definition) is 1. The molecule has 0 saturated heterocycles. The Kier molecular flexibility index (Phi) is 5.16. The molecule has 25 heavy (non-hydrogen) atoms. The number of nitrogens with zero attached hydrogens (tertiary/aromatic N) is 2. The lowest BCUT2D eigenvalue weighted by atomic mass is 10.2. The first kappa shape index (κ1) is 17.6. The van der Waals surface area contributed by atoms with E-state index >= 15 is 0 Å². The minimum Gasteiger partial charge on any atom is -0.495 e. The number of methoxy groups -OCH3 is 1. The standard InChI is InChI=1S/C16H17N3O4S2/c1-11-5-6-12(22-2)14(10-11)25(20,21)17-8-7-15-18-16(19-23-15)13-4-3-9-24-13/h3-6,9-10,17H,7-8H2,1-2H3. The molecule has 2 heterocycles. The van der Waals surface area contributed by atoms with Crippen LogP contribution >= 0.6 is 11.3 Å². The van der Waals surface area contributed by atoms with Crippen LogP contribution in [0.4, 0.5) is 0 Å². The van der Waals surface area contributed by atoms with E-state index in [1.54, 1.807) is 18.2 Å². The molecule has 0 atom stereocenters. The van der Waals surface area contributed by atoms with Crippen molar-refractivity contribution in [3.05, 3.63) is 47.2 Å². The van der Waals surface area contributed by atoms with Crippen LogP contribution in [0.15, 0.2) is 45.1 Å². The van der Waals surface area contributed by atoms with Gasteiger partial charge in [-0.05, 0) is 36.1 Å². The predicted octanol–water partition coefficient (Wildman–Crippen LogP) is 2.64. The van der Waals surface area contributed by atoms with E-state index in [0.717, 1.165) is 10.4 Å². The minimum absolute atomic E-state index is 0.111. The number of rotatable bonds is 7.